The predicted molar refractivity (Wildman–Crippen MR) is 91.0 cm³/mol. The second-order valence-electron chi connectivity index (χ2n) is 6.85. The lowest BCUT2D eigenvalue weighted by Gasteiger charge is -2.28. The zero-order chi connectivity index (χ0) is 18.3. The van der Waals surface area contributed by atoms with Crippen molar-refractivity contribution in [3.63, 3.8) is 0 Å². The van der Waals surface area contributed by atoms with Crippen molar-refractivity contribution in [2.75, 3.05) is 19.8 Å². The minimum atomic E-state index is -0.926. The molecule has 1 atom stereocenters. The molecule has 26 heavy (non-hydrogen) atoms. The number of nitrogens with zero attached hydrogens (tertiary/aromatic N) is 2. The highest BCUT2D eigenvalue weighted by molar-refractivity contribution is 6.24. The predicted octanol–water partition coefficient (Wildman–Crippen LogP) is -0.159. The number of rotatable bonds is 3. The van der Waals surface area contributed by atoms with E-state index in [0.29, 0.717) is 17.7 Å². The van der Waals surface area contributed by atoms with Crippen LogP contribution >= 0.6 is 0 Å². The first-order valence-electron chi connectivity index (χ1n) is 8.83. The van der Waals surface area contributed by atoms with E-state index in [1.165, 1.54) is 0 Å². The Bertz CT molecular complexity index is 800. The van der Waals surface area contributed by atoms with Crippen LogP contribution in [0.15, 0.2) is 18.2 Å². The maximum Gasteiger partial charge on any atom is 0.262 e. The fourth-order valence-corrected chi connectivity index (χ4v) is 3.84. The summed E-state index contributed by atoms with van der Waals surface area (Å²) in [6.07, 6.45) is 1.32. The van der Waals surface area contributed by atoms with Crippen molar-refractivity contribution in [3.05, 3.63) is 34.9 Å². The van der Waals surface area contributed by atoms with Crippen molar-refractivity contribution in [1.29, 1.82) is 0 Å². The Balaban J connectivity index is 1.62. The number of amides is 4. The van der Waals surface area contributed by atoms with E-state index in [9.17, 15) is 19.2 Å². The number of hydrogen-bond donors (Lipinski definition) is 2. The summed E-state index contributed by atoms with van der Waals surface area (Å²) < 4.78 is 0. The molecule has 2 fully saturated rings. The lowest BCUT2D eigenvalue weighted by atomic mass is 10.0. The summed E-state index contributed by atoms with van der Waals surface area (Å²) in [4.78, 5) is 52.5. The standard InChI is InChI=1S/C18H20N4O4/c23-14-6-5-13(16(24)20-14)22-17(25)12-4-1-3-11(15(12)18(22)26)9-21-8-2-7-19-10-21/h1,3-4,13,19H,2,5-10H2,(H,20,23,24). The van der Waals surface area contributed by atoms with Crippen LogP contribution < -0.4 is 10.6 Å². The molecule has 1 aromatic rings. The summed E-state index contributed by atoms with van der Waals surface area (Å²) in [5, 5.41) is 5.51. The van der Waals surface area contributed by atoms with Crippen LogP contribution in [0.5, 0.6) is 0 Å². The molecule has 0 saturated carbocycles. The first-order valence-corrected chi connectivity index (χ1v) is 8.83. The average molecular weight is 356 g/mol. The molecular formula is C18H20N4O4. The van der Waals surface area contributed by atoms with Gasteiger partial charge < -0.3 is 5.32 Å². The molecule has 3 aliphatic rings. The first-order chi connectivity index (χ1) is 12.6. The van der Waals surface area contributed by atoms with E-state index in [-0.39, 0.29) is 18.7 Å². The van der Waals surface area contributed by atoms with Gasteiger partial charge in [0.05, 0.1) is 11.1 Å². The summed E-state index contributed by atoms with van der Waals surface area (Å²) in [6.45, 7) is 3.21. The van der Waals surface area contributed by atoms with Gasteiger partial charge in [-0.15, -0.1) is 0 Å². The van der Waals surface area contributed by atoms with E-state index in [1.54, 1.807) is 12.1 Å². The third-order valence-corrected chi connectivity index (χ3v) is 5.11. The summed E-state index contributed by atoms with van der Waals surface area (Å²) in [5.74, 6) is -1.86. The summed E-state index contributed by atoms with van der Waals surface area (Å²) in [5.41, 5.74) is 1.51. The lowest BCUT2D eigenvalue weighted by Crippen LogP contribution is -2.54. The minimum absolute atomic E-state index is 0.121. The summed E-state index contributed by atoms with van der Waals surface area (Å²) >= 11 is 0. The Morgan fingerprint density at radius 2 is 1.96 bits per heavy atom. The number of carbonyl (C=O) groups excluding carboxylic acids is 4. The number of piperidine rings is 1. The van der Waals surface area contributed by atoms with Crippen molar-refractivity contribution in [3.8, 4) is 0 Å². The number of imide groups is 2. The molecule has 1 unspecified atom stereocenters. The molecule has 0 bridgehead atoms. The Hall–Kier alpha value is -2.58. The van der Waals surface area contributed by atoms with E-state index < -0.39 is 23.8 Å². The molecular weight excluding hydrogens is 336 g/mol. The van der Waals surface area contributed by atoms with Crippen LogP contribution in [0, 0.1) is 0 Å². The molecule has 2 N–H and O–H groups in total. The van der Waals surface area contributed by atoms with Gasteiger partial charge in [-0.25, -0.2) is 0 Å². The first kappa shape index (κ1) is 16.9. The van der Waals surface area contributed by atoms with Gasteiger partial charge in [0.2, 0.25) is 11.8 Å². The van der Waals surface area contributed by atoms with Gasteiger partial charge in [0.1, 0.15) is 6.04 Å². The molecule has 3 heterocycles. The lowest BCUT2D eigenvalue weighted by molar-refractivity contribution is -0.136. The number of benzene rings is 1. The largest absolute Gasteiger partial charge is 0.304 e. The van der Waals surface area contributed by atoms with Gasteiger partial charge >= 0.3 is 0 Å². The molecule has 8 nitrogen and oxygen atoms in total. The monoisotopic (exact) mass is 356 g/mol. The Morgan fingerprint density at radius 3 is 2.69 bits per heavy atom. The van der Waals surface area contributed by atoms with Crippen LogP contribution in [0.25, 0.3) is 0 Å². The van der Waals surface area contributed by atoms with Gasteiger partial charge in [0, 0.05) is 26.2 Å². The number of nitrogens with one attached hydrogen (secondary N) is 2. The third-order valence-electron chi connectivity index (χ3n) is 5.11. The van der Waals surface area contributed by atoms with Crippen molar-refractivity contribution in [2.24, 2.45) is 0 Å². The van der Waals surface area contributed by atoms with E-state index >= 15 is 0 Å². The molecule has 0 aromatic heterocycles. The van der Waals surface area contributed by atoms with Gasteiger partial charge in [0.15, 0.2) is 0 Å². The van der Waals surface area contributed by atoms with Crippen molar-refractivity contribution < 1.29 is 19.2 Å². The second-order valence-corrected chi connectivity index (χ2v) is 6.85. The highest BCUT2D eigenvalue weighted by atomic mass is 16.2. The SMILES string of the molecule is O=C1CCC(N2C(=O)c3cccc(CN4CCCNC4)c3C2=O)C(=O)N1. The quantitative estimate of drug-likeness (QED) is 0.731. The zero-order valence-electron chi connectivity index (χ0n) is 14.3. The number of hydrogen-bond acceptors (Lipinski definition) is 6. The molecule has 2 saturated heterocycles. The highest BCUT2D eigenvalue weighted by Gasteiger charge is 2.45. The third kappa shape index (κ3) is 2.81. The van der Waals surface area contributed by atoms with Crippen LogP contribution in [-0.2, 0) is 16.1 Å². The molecule has 0 spiro atoms. The molecule has 0 aliphatic carbocycles. The van der Waals surface area contributed by atoms with Crippen molar-refractivity contribution >= 4 is 23.6 Å². The van der Waals surface area contributed by atoms with Crippen LogP contribution in [-0.4, -0.2) is 59.2 Å². The van der Waals surface area contributed by atoms with Crippen LogP contribution in [0.3, 0.4) is 0 Å². The summed E-state index contributed by atoms with van der Waals surface area (Å²) in [7, 11) is 0. The Kier molecular flexibility index (Phi) is 4.29. The number of carbonyl (C=O) groups is 4. The molecule has 0 radical (unpaired) electrons. The van der Waals surface area contributed by atoms with E-state index in [4.69, 9.17) is 0 Å². The molecule has 1 aromatic carbocycles. The Labute approximate surface area is 150 Å². The van der Waals surface area contributed by atoms with E-state index in [1.807, 2.05) is 6.07 Å². The van der Waals surface area contributed by atoms with Crippen molar-refractivity contribution in [1.82, 2.24) is 20.4 Å². The maximum absolute atomic E-state index is 13.0. The number of fused-ring (bicyclic) bond motifs is 1. The van der Waals surface area contributed by atoms with Gasteiger partial charge in [-0.2, -0.15) is 0 Å². The van der Waals surface area contributed by atoms with Crippen LogP contribution in [0.1, 0.15) is 45.5 Å². The van der Waals surface area contributed by atoms with Gasteiger partial charge in [-0.05, 0) is 31.0 Å². The van der Waals surface area contributed by atoms with Crippen molar-refractivity contribution in [2.45, 2.75) is 31.8 Å². The fraction of sp³-hybridized carbons (Fsp3) is 0.444. The molecule has 4 rings (SSSR count). The molecule has 4 amide bonds. The minimum Gasteiger partial charge on any atom is -0.304 e. The summed E-state index contributed by atoms with van der Waals surface area (Å²) in [6, 6.07) is 4.32. The fourth-order valence-electron chi connectivity index (χ4n) is 3.84. The maximum atomic E-state index is 13.0. The van der Waals surface area contributed by atoms with Crippen LogP contribution in [0.4, 0.5) is 0 Å². The highest BCUT2D eigenvalue weighted by Crippen LogP contribution is 2.30. The Morgan fingerprint density at radius 1 is 1.12 bits per heavy atom. The average Bonchev–Trinajstić information content (AvgIpc) is 2.88. The molecule has 8 heteroatoms. The van der Waals surface area contributed by atoms with Gasteiger partial charge in [0.25, 0.3) is 11.8 Å². The molecule has 136 valence electrons. The molecule has 3 aliphatic heterocycles. The van der Waals surface area contributed by atoms with Crippen LogP contribution in [0.2, 0.25) is 0 Å². The van der Waals surface area contributed by atoms with Gasteiger partial charge in [-0.3, -0.25) is 34.3 Å². The topological polar surface area (TPSA) is 98.8 Å². The zero-order valence-corrected chi connectivity index (χ0v) is 14.3. The normalized spacial score (nSPS) is 24.0. The van der Waals surface area contributed by atoms with E-state index in [2.05, 4.69) is 15.5 Å². The van der Waals surface area contributed by atoms with E-state index in [0.717, 1.165) is 36.6 Å². The smallest absolute Gasteiger partial charge is 0.262 e. The second kappa shape index (κ2) is 6.62. The van der Waals surface area contributed by atoms with Gasteiger partial charge in [-0.1, -0.05) is 12.1 Å².